The van der Waals surface area contributed by atoms with Gasteiger partial charge >= 0.3 is 6.41 Å². The number of rotatable bonds is 1. The molecule has 1 heterocycles. The van der Waals surface area contributed by atoms with Crippen molar-refractivity contribution in [3.8, 4) is 0 Å². The van der Waals surface area contributed by atoms with Crippen LogP contribution in [0.15, 0.2) is 0 Å². The molecule has 0 aromatic rings. The Labute approximate surface area is 61.8 Å². The molecule has 10 heavy (non-hydrogen) atoms. The molecule has 0 aliphatic carbocycles. The van der Waals surface area contributed by atoms with Crippen LogP contribution < -0.4 is 0 Å². The maximum atomic E-state index is 10.5. The number of amides is 1. The quantitative estimate of drug-likeness (QED) is 0.365. The average Bonchev–Trinajstić information content (AvgIpc) is 1.96. The molecule has 1 amide bonds. The van der Waals surface area contributed by atoms with E-state index in [-0.39, 0.29) is 0 Å². The van der Waals surface area contributed by atoms with Crippen LogP contribution in [0, 0.1) is 0 Å². The molecule has 0 aromatic heterocycles. The fraction of sp³-hybridized carbons (Fsp3) is 0.857. The van der Waals surface area contributed by atoms with E-state index in [1.165, 1.54) is 0 Å². The number of piperazine rings is 1. The van der Waals surface area contributed by atoms with Gasteiger partial charge in [-0.3, -0.25) is 9.38 Å². The highest BCUT2D eigenvalue weighted by Crippen LogP contribution is 2.04. The van der Waals surface area contributed by atoms with Crippen LogP contribution in [0.25, 0.3) is 0 Å². The van der Waals surface area contributed by atoms with E-state index in [4.69, 9.17) is 0 Å². The minimum atomic E-state index is 0.588. The van der Waals surface area contributed by atoms with Crippen molar-refractivity contribution in [3.05, 3.63) is 0 Å². The number of likely N-dealkylation sites (N-methyl/N-ethyl adjacent to an activating group) is 2. The highest BCUT2D eigenvalue weighted by atomic mass is 16.1. The van der Waals surface area contributed by atoms with E-state index in [1.54, 1.807) is 0 Å². The normalized spacial score (nSPS) is 26.2. The first kappa shape index (κ1) is 7.69. The van der Waals surface area contributed by atoms with Gasteiger partial charge in [0.2, 0.25) is 0 Å². The fourth-order valence-electron chi connectivity index (χ4n) is 1.13. The van der Waals surface area contributed by atoms with Gasteiger partial charge in [0.15, 0.2) is 0 Å². The number of hydrogen-bond acceptors (Lipinski definition) is 2. The first-order chi connectivity index (χ1) is 4.66. The molecule has 0 aromatic carbocycles. The van der Waals surface area contributed by atoms with Gasteiger partial charge in [0.05, 0.1) is 20.1 Å². The van der Waals surface area contributed by atoms with E-state index in [1.807, 2.05) is 7.05 Å². The van der Waals surface area contributed by atoms with Crippen LogP contribution in [-0.2, 0) is 4.79 Å². The largest absolute Gasteiger partial charge is 0.301 e. The van der Waals surface area contributed by atoms with E-state index in [9.17, 15) is 4.79 Å². The summed E-state index contributed by atoms with van der Waals surface area (Å²) in [5.41, 5.74) is 0. The maximum absolute atomic E-state index is 10.5. The first-order valence-corrected chi connectivity index (χ1v) is 3.65. The minimum Gasteiger partial charge on any atom is -0.295 e. The second-order valence-electron chi connectivity index (χ2n) is 3.34. The molecule has 3 heteroatoms. The summed E-state index contributed by atoms with van der Waals surface area (Å²) in [5.74, 6) is 0. The summed E-state index contributed by atoms with van der Waals surface area (Å²) in [4.78, 5) is 12.8. The van der Waals surface area contributed by atoms with E-state index in [0.29, 0.717) is 4.48 Å². The number of quaternary nitrogens is 1. The molecule has 0 unspecified atom stereocenters. The lowest BCUT2D eigenvalue weighted by Gasteiger charge is -2.35. The summed E-state index contributed by atoms with van der Waals surface area (Å²) in [5, 5.41) is 0. The van der Waals surface area contributed by atoms with Crippen molar-refractivity contribution in [1.29, 1.82) is 0 Å². The van der Waals surface area contributed by atoms with Crippen LogP contribution in [0.4, 0.5) is 0 Å². The molecular weight excluding hydrogens is 128 g/mol. The standard InChI is InChI=1S/C7H15N2O/c1-8-3-5-9(2,7-10)6-4-8/h7H,3-6H2,1-2H3/q+1. The lowest BCUT2D eigenvalue weighted by atomic mass is 10.3. The molecule has 3 nitrogen and oxygen atoms in total. The summed E-state index contributed by atoms with van der Waals surface area (Å²) in [6.45, 7) is 3.99. The second kappa shape index (κ2) is 2.68. The van der Waals surface area contributed by atoms with Crippen molar-refractivity contribution in [2.24, 2.45) is 0 Å². The number of carbonyl (C=O) groups is 1. The molecular formula is C7H15N2O+. The van der Waals surface area contributed by atoms with Crippen LogP contribution >= 0.6 is 0 Å². The van der Waals surface area contributed by atoms with Crippen LogP contribution in [0.3, 0.4) is 0 Å². The van der Waals surface area contributed by atoms with Crippen molar-refractivity contribution < 1.29 is 9.28 Å². The Morgan fingerprint density at radius 2 is 1.90 bits per heavy atom. The monoisotopic (exact) mass is 143 g/mol. The maximum Gasteiger partial charge on any atom is 0.301 e. The van der Waals surface area contributed by atoms with Gasteiger partial charge in [-0.2, -0.15) is 0 Å². The third-order valence-corrected chi connectivity index (χ3v) is 2.24. The van der Waals surface area contributed by atoms with Gasteiger partial charge in [-0.25, -0.2) is 4.79 Å². The number of nitrogens with zero attached hydrogens (tertiary/aromatic N) is 2. The Kier molecular flexibility index (Phi) is 2.06. The molecule has 1 aliphatic rings. The third kappa shape index (κ3) is 1.55. The molecule has 0 N–H and O–H groups in total. The van der Waals surface area contributed by atoms with Crippen LogP contribution in [-0.4, -0.2) is 56.1 Å². The van der Waals surface area contributed by atoms with Gasteiger partial charge in [-0.1, -0.05) is 0 Å². The molecule has 1 aliphatic heterocycles. The zero-order chi connectivity index (χ0) is 7.61. The summed E-state index contributed by atoms with van der Waals surface area (Å²) in [7, 11) is 4.08. The second-order valence-corrected chi connectivity index (χ2v) is 3.34. The Balaban J connectivity index is 2.46. The van der Waals surface area contributed by atoms with Crippen molar-refractivity contribution in [2.75, 3.05) is 40.3 Å². The first-order valence-electron chi connectivity index (χ1n) is 3.65. The molecule has 1 fully saturated rings. The summed E-state index contributed by atoms with van der Waals surface area (Å²) in [6.07, 6.45) is 1.05. The smallest absolute Gasteiger partial charge is 0.295 e. The Morgan fingerprint density at radius 1 is 1.40 bits per heavy atom. The van der Waals surface area contributed by atoms with E-state index >= 15 is 0 Å². The predicted molar refractivity (Wildman–Crippen MR) is 39.5 cm³/mol. The Morgan fingerprint density at radius 3 is 2.30 bits per heavy atom. The molecule has 0 radical (unpaired) electrons. The Bertz CT molecular complexity index is 128. The highest BCUT2D eigenvalue weighted by molar-refractivity contribution is 5.37. The molecule has 1 rings (SSSR count). The highest BCUT2D eigenvalue weighted by Gasteiger charge is 2.25. The van der Waals surface area contributed by atoms with E-state index in [2.05, 4.69) is 11.9 Å². The van der Waals surface area contributed by atoms with Gasteiger partial charge in [0.1, 0.15) is 0 Å². The summed E-state index contributed by atoms with van der Waals surface area (Å²) < 4.78 is 0.588. The minimum absolute atomic E-state index is 0.588. The summed E-state index contributed by atoms with van der Waals surface area (Å²) in [6, 6.07) is 0. The molecule has 0 bridgehead atoms. The lowest BCUT2D eigenvalue weighted by molar-refractivity contribution is -0.830. The number of carbonyl (C=O) groups excluding carboxylic acids is 1. The lowest BCUT2D eigenvalue weighted by Crippen LogP contribution is -2.55. The molecule has 0 atom stereocenters. The van der Waals surface area contributed by atoms with Gasteiger partial charge in [-0.15, -0.1) is 0 Å². The Hall–Kier alpha value is -0.410. The zero-order valence-electron chi connectivity index (χ0n) is 6.71. The summed E-state index contributed by atoms with van der Waals surface area (Å²) >= 11 is 0. The molecule has 1 saturated heterocycles. The van der Waals surface area contributed by atoms with Crippen molar-refractivity contribution in [3.63, 3.8) is 0 Å². The van der Waals surface area contributed by atoms with Crippen LogP contribution in [0.2, 0.25) is 0 Å². The predicted octanol–water partition coefficient (Wildman–Crippen LogP) is -0.465. The van der Waals surface area contributed by atoms with Gasteiger partial charge in [-0.05, 0) is 7.05 Å². The fourth-order valence-corrected chi connectivity index (χ4v) is 1.13. The van der Waals surface area contributed by atoms with Gasteiger partial charge in [0, 0.05) is 13.1 Å². The van der Waals surface area contributed by atoms with Crippen LogP contribution in [0.1, 0.15) is 0 Å². The van der Waals surface area contributed by atoms with Crippen molar-refractivity contribution in [1.82, 2.24) is 4.90 Å². The number of hydrogen-bond donors (Lipinski definition) is 0. The van der Waals surface area contributed by atoms with Crippen molar-refractivity contribution >= 4 is 6.41 Å². The third-order valence-electron chi connectivity index (χ3n) is 2.24. The van der Waals surface area contributed by atoms with Gasteiger partial charge in [0.25, 0.3) is 0 Å². The SMILES string of the molecule is CN1CC[N+](C)(C=O)CC1. The van der Waals surface area contributed by atoms with Crippen LogP contribution in [0.5, 0.6) is 0 Å². The average molecular weight is 143 g/mol. The van der Waals surface area contributed by atoms with E-state index in [0.717, 1.165) is 32.6 Å². The van der Waals surface area contributed by atoms with E-state index < -0.39 is 0 Å². The van der Waals surface area contributed by atoms with Gasteiger partial charge < -0.3 is 0 Å². The topological polar surface area (TPSA) is 20.3 Å². The molecule has 0 spiro atoms. The molecule has 58 valence electrons. The zero-order valence-corrected chi connectivity index (χ0v) is 6.71. The molecule has 0 saturated carbocycles. The van der Waals surface area contributed by atoms with Crippen molar-refractivity contribution in [2.45, 2.75) is 0 Å².